The minimum Gasteiger partial charge on any atom is -0.490 e. The molecule has 0 atom stereocenters. The number of esters is 1. The average Bonchev–Trinajstić information content (AvgIpc) is 2.86. The van der Waals surface area contributed by atoms with Crippen molar-refractivity contribution in [2.45, 2.75) is 41.5 Å². The van der Waals surface area contributed by atoms with Gasteiger partial charge in [0, 0.05) is 6.07 Å². The summed E-state index contributed by atoms with van der Waals surface area (Å²) in [5.41, 5.74) is 4.48. The van der Waals surface area contributed by atoms with E-state index in [-0.39, 0.29) is 24.7 Å². The molecule has 0 N–H and O–H groups in total. The molecule has 0 heterocycles. The summed E-state index contributed by atoms with van der Waals surface area (Å²) < 4.78 is 22.4. The van der Waals surface area contributed by atoms with Gasteiger partial charge in [0.25, 0.3) is 0 Å². The van der Waals surface area contributed by atoms with Crippen LogP contribution < -0.4 is 14.2 Å². The number of allylic oxidation sites excluding steroid dienone is 4. The van der Waals surface area contributed by atoms with Crippen molar-refractivity contribution in [2.24, 2.45) is 0 Å². The number of ether oxygens (including phenoxy) is 4. The molecule has 2 aromatic carbocycles. The number of carbonyl (C=O) groups is 2. The smallest absolute Gasteiger partial charge is 0.344 e. The van der Waals surface area contributed by atoms with Crippen LogP contribution in [0.3, 0.4) is 0 Å². The highest BCUT2D eigenvalue weighted by molar-refractivity contribution is 6.08. The van der Waals surface area contributed by atoms with E-state index in [1.165, 1.54) is 11.6 Å². The molecular weight excluding hydrogens is 480 g/mol. The molecule has 0 fully saturated rings. The fourth-order valence-corrected chi connectivity index (χ4v) is 2.97. The second-order valence-electron chi connectivity index (χ2n) is 9.37. The molecule has 0 bridgehead atoms. The zero-order valence-electron chi connectivity index (χ0n) is 23.2. The van der Waals surface area contributed by atoms with Crippen LogP contribution in [-0.4, -0.2) is 38.2 Å². The van der Waals surface area contributed by atoms with Gasteiger partial charge in [-0.05, 0) is 95.7 Å². The van der Waals surface area contributed by atoms with Crippen LogP contribution in [0.2, 0.25) is 0 Å². The maximum Gasteiger partial charge on any atom is 0.344 e. The fourth-order valence-electron chi connectivity index (χ4n) is 2.97. The Balaban J connectivity index is 2.18. The van der Waals surface area contributed by atoms with Crippen molar-refractivity contribution in [1.82, 2.24) is 0 Å². The Kier molecular flexibility index (Phi) is 12.6. The lowest BCUT2D eigenvalue weighted by molar-refractivity contribution is -0.144. The average molecular weight is 519 g/mol. The Morgan fingerprint density at radius 3 is 1.95 bits per heavy atom. The van der Waals surface area contributed by atoms with Gasteiger partial charge in [-0.1, -0.05) is 34.9 Å². The summed E-state index contributed by atoms with van der Waals surface area (Å²) in [7, 11) is 0. The zero-order valence-corrected chi connectivity index (χ0v) is 23.2. The van der Waals surface area contributed by atoms with Crippen molar-refractivity contribution in [2.75, 3.05) is 26.4 Å². The molecule has 38 heavy (non-hydrogen) atoms. The van der Waals surface area contributed by atoms with Gasteiger partial charge in [-0.25, -0.2) is 4.79 Å². The molecule has 2 aromatic rings. The summed E-state index contributed by atoms with van der Waals surface area (Å²) in [6.45, 7) is 12.5. The minimum atomic E-state index is -0.530. The van der Waals surface area contributed by atoms with Crippen LogP contribution in [-0.2, 0) is 9.53 Å². The van der Waals surface area contributed by atoms with Crippen LogP contribution in [0.4, 0.5) is 0 Å². The summed E-state index contributed by atoms with van der Waals surface area (Å²) in [5, 5.41) is 0. The van der Waals surface area contributed by atoms with Gasteiger partial charge < -0.3 is 18.9 Å². The summed E-state index contributed by atoms with van der Waals surface area (Å²) >= 11 is 0. The number of ketones is 1. The zero-order chi connectivity index (χ0) is 27.9. The Bertz CT molecular complexity index is 1200. The molecule has 2 rings (SSSR count). The molecule has 0 aliphatic carbocycles. The van der Waals surface area contributed by atoms with E-state index in [9.17, 15) is 9.59 Å². The van der Waals surface area contributed by atoms with Gasteiger partial charge in [0.05, 0.1) is 5.56 Å². The first-order valence-corrected chi connectivity index (χ1v) is 12.5. The van der Waals surface area contributed by atoms with Crippen molar-refractivity contribution in [3.8, 4) is 17.2 Å². The van der Waals surface area contributed by atoms with Crippen LogP contribution in [0.1, 0.15) is 57.5 Å². The quantitative estimate of drug-likeness (QED) is 0.114. The molecule has 202 valence electrons. The van der Waals surface area contributed by atoms with Crippen LogP contribution >= 0.6 is 0 Å². The van der Waals surface area contributed by atoms with Crippen molar-refractivity contribution >= 4 is 17.8 Å². The Hall–Kier alpha value is -4.06. The number of carbonyl (C=O) groups excluding carboxylic acids is 2. The van der Waals surface area contributed by atoms with E-state index in [0.29, 0.717) is 30.3 Å². The largest absolute Gasteiger partial charge is 0.490 e. The van der Waals surface area contributed by atoms with Crippen LogP contribution in [0.25, 0.3) is 6.08 Å². The molecule has 0 aliphatic rings. The van der Waals surface area contributed by atoms with Crippen molar-refractivity contribution in [3.05, 3.63) is 94.6 Å². The first kappa shape index (κ1) is 30.2. The van der Waals surface area contributed by atoms with Gasteiger partial charge in [0.2, 0.25) is 0 Å². The molecule has 0 unspecified atom stereocenters. The predicted molar refractivity (Wildman–Crippen MR) is 152 cm³/mol. The molecule has 0 radical (unpaired) electrons. The summed E-state index contributed by atoms with van der Waals surface area (Å²) in [5.74, 6) is 0.678. The Morgan fingerprint density at radius 1 is 0.711 bits per heavy atom. The number of benzene rings is 2. The van der Waals surface area contributed by atoms with Crippen LogP contribution in [0.15, 0.2) is 83.5 Å². The molecule has 0 spiro atoms. The van der Waals surface area contributed by atoms with E-state index < -0.39 is 5.97 Å². The monoisotopic (exact) mass is 518 g/mol. The highest BCUT2D eigenvalue weighted by Crippen LogP contribution is 2.26. The molecule has 0 amide bonds. The van der Waals surface area contributed by atoms with E-state index in [1.54, 1.807) is 30.4 Å². The third kappa shape index (κ3) is 11.8. The van der Waals surface area contributed by atoms with Gasteiger partial charge in [-0.2, -0.15) is 0 Å². The molecule has 0 aliphatic heterocycles. The van der Waals surface area contributed by atoms with E-state index in [4.69, 9.17) is 18.9 Å². The van der Waals surface area contributed by atoms with E-state index >= 15 is 0 Å². The molecule has 0 saturated heterocycles. The second-order valence-corrected chi connectivity index (χ2v) is 9.37. The van der Waals surface area contributed by atoms with Crippen LogP contribution in [0.5, 0.6) is 17.2 Å². The number of hydrogen-bond acceptors (Lipinski definition) is 6. The first-order valence-electron chi connectivity index (χ1n) is 12.5. The Labute approximate surface area is 226 Å². The van der Waals surface area contributed by atoms with Crippen molar-refractivity contribution in [1.29, 1.82) is 0 Å². The third-order valence-electron chi connectivity index (χ3n) is 5.07. The molecule has 6 heteroatoms. The maximum atomic E-state index is 13.1. The highest BCUT2D eigenvalue weighted by Gasteiger charge is 2.14. The SMILES string of the molecule is CC(C)=CCOC(=O)COc1cc(OCC=C(C)C)ccc1C(=O)/C=C/c1cccc(OCC=C(C)C)c1. The summed E-state index contributed by atoms with van der Waals surface area (Å²) in [4.78, 5) is 25.2. The van der Waals surface area contributed by atoms with E-state index in [2.05, 4.69) is 0 Å². The van der Waals surface area contributed by atoms with Crippen LogP contribution in [0, 0.1) is 0 Å². The lowest BCUT2D eigenvalue weighted by Gasteiger charge is -2.12. The lowest BCUT2D eigenvalue weighted by atomic mass is 10.1. The topological polar surface area (TPSA) is 71.1 Å². The van der Waals surface area contributed by atoms with Gasteiger partial charge in [-0.15, -0.1) is 0 Å². The minimum absolute atomic E-state index is 0.169. The number of hydrogen-bond donors (Lipinski definition) is 0. The first-order chi connectivity index (χ1) is 18.1. The van der Waals surface area contributed by atoms with Gasteiger partial charge in [-0.3, -0.25) is 4.79 Å². The summed E-state index contributed by atoms with van der Waals surface area (Å²) in [6.07, 6.45) is 8.93. The third-order valence-corrected chi connectivity index (χ3v) is 5.07. The van der Waals surface area contributed by atoms with Gasteiger partial charge in [0.1, 0.15) is 37.1 Å². The fraction of sp³-hybridized carbons (Fsp3) is 0.312. The number of rotatable bonds is 14. The lowest BCUT2D eigenvalue weighted by Crippen LogP contribution is -2.16. The standard InChI is InChI=1S/C32H38O6/c1-23(2)14-17-35-27-9-7-8-26(20-27)10-13-30(33)29-12-11-28(36-18-15-24(3)4)21-31(29)38-22-32(34)37-19-16-25(5)6/h7-16,20-21H,17-19,22H2,1-6H3/b13-10+. The second kappa shape index (κ2) is 15.9. The van der Waals surface area contributed by atoms with Crippen molar-refractivity contribution < 1.29 is 28.5 Å². The summed E-state index contributed by atoms with van der Waals surface area (Å²) in [6, 6.07) is 12.4. The van der Waals surface area contributed by atoms with Gasteiger partial charge in [0.15, 0.2) is 12.4 Å². The maximum absolute atomic E-state index is 13.1. The van der Waals surface area contributed by atoms with E-state index in [1.807, 2.05) is 78.0 Å². The molecule has 6 nitrogen and oxygen atoms in total. The Morgan fingerprint density at radius 2 is 1.32 bits per heavy atom. The predicted octanol–water partition coefficient (Wildman–Crippen LogP) is 7.16. The van der Waals surface area contributed by atoms with E-state index in [0.717, 1.165) is 16.7 Å². The highest BCUT2D eigenvalue weighted by atomic mass is 16.6. The molecular formula is C32H38O6. The molecule has 0 aromatic heterocycles. The molecule has 0 saturated carbocycles. The van der Waals surface area contributed by atoms with Crippen molar-refractivity contribution in [3.63, 3.8) is 0 Å². The van der Waals surface area contributed by atoms with Gasteiger partial charge >= 0.3 is 5.97 Å². The normalized spacial score (nSPS) is 10.4.